The molecule has 0 spiro atoms. The maximum Gasteiger partial charge on any atom is 0.435 e. The molecule has 0 N–H and O–H groups in total. The zero-order valence-electron chi connectivity index (χ0n) is 18.1. The first-order valence-electron chi connectivity index (χ1n) is 10.4. The molecule has 4 rings (SSSR count). The lowest BCUT2D eigenvalue weighted by atomic mass is 9.88. The molecular weight excluding hydrogens is 501 g/mol. The second-order valence-electron chi connectivity index (χ2n) is 7.71. The summed E-state index contributed by atoms with van der Waals surface area (Å²) >= 11 is 3.38. The normalized spacial score (nSPS) is 13.9. The predicted octanol–water partition coefficient (Wildman–Crippen LogP) is 5.09. The first-order chi connectivity index (χ1) is 15.7. The first-order valence-corrected chi connectivity index (χ1v) is 11.5. The molecule has 0 atom stereocenters. The quantitative estimate of drug-likeness (QED) is 0.423. The second-order valence-corrected chi connectivity index (χ2v) is 8.27. The van der Waals surface area contributed by atoms with Crippen molar-refractivity contribution in [1.82, 2.24) is 19.7 Å². The van der Waals surface area contributed by atoms with E-state index < -0.39 is 11.9 Å². The Hall–Kier alpha value is -2.88. The number of carbonyl (C=O) groups is 1. The Bertz CT molecular complexity index is 1190. The highest BCUT2D eigenvalue weighted by Crippen LogP contribution is 2.40. The molecule has 0 aliphatic carbocycles. The third kappa shape index (κ3) is 4.62. The molecule has 1 aliphatic heterocycles. The van der Waals surface area contributed by atoms with E-state index in [1.807, 2.05) is 0 Å². The first kappa shape index (κ1) is 23.3. The van der Waals surface area contributed by atoms with Gasteiger partial charge in [0.25, 0.3) is 5.91 Å². The third-order valence-corrected chi connectivity index (χ3v) is 6.28. The highest BCUT2D eigenvalue weighted by Gasteiger charge is 2.39. The molecule has 0 saturated carbocycles. The zero-order chi connectivity index (χ0) is 23.8. The summed E-state index contributed by atoms with van der Waals surface area (Å²) in [5.41, 5.74) is 1.88. The molecular formula is C23H22BrF3N4O2. The summed E-state index contributed by atoms with van der Waals surface area (Å²) in [6.45, 7) is 2.69. The molecule has 2 aromatic heterocycles. The number of methoxy groups -OCH3 is 1. The number of alkyl halides is 4. The lowest BCUT2D eigenvalue weighted by Gasteiger charge is -2.30. The number of aryl methyl sites for hydroxylation is 1. The van der Waals surface area contributed by atoms with E-state index in [0.717, 1.165) is 5.56 Å². The predicted molar refractivity (Wildman–Crippen MR) is 120 cm³/mol. The largest absolute Gasteiger partial charge is 0.497 e. The van der Waals surface area contributed by atoms with Gasteiger partial charge in [-0.3, -0.25) is 14.5 Å². The summed E-state index contributed by atoms with van der Waals surface area (Å²) in [5.74, 6) is 0.405. The number of fused-ring (bicyclic) bond motifs is 1. The van der Waals surface area contributed by atoms with E-state index in [-0.39, 0.29) is 18.0 Å². The smallest absolute Gasteiger partial charge is 0.435 e. The Labute approximate surface area is 197 Å². The maximum atomic E-state index is 13.8. The van der Waals surface area contributed by atoms with Crippen LogP contribution in [-0.2, 0) is 31.0 Å². The standard InChI is InChI=1S/C23H22BrF3N4O2/c1-3-31-13-20(21(29-31)23(25,26)27)18-8-14(11-24)9-19-17(18)5-7-30(22(19)32)12-15-10-16(33-2)4-6-28-15/h4,6,8-10,13H,3,5,7,11-12H2,1-2H3. The Balaban J connectivity index is 1.77. The van der Waals surface area contributed by atoms with Gasteiger partial charge in [-0.1, -0.05) is 15.9 Å². The summed E-state index contributed by atoms with van der Waals surface area (Å²) < 4.78 is 47.8. The van der Waals surface area contributed by atoms with Crippen LogP contribution >= 0.6 is 15.9 Å². The molecule has 0 radical (unpaired) electrons. The molecule has 174 valence electrons. The van der Waals surface area contributed by atoms with Gasteiger partial charge in [-0.25, -0.2) is 0 Å². The van der Waals surface area contributed by atoms with Crippen LogP contribution in [0.1, 0.15) is 39.8 Å². The van der Waals surface area contributed by atoms with Gasteiger partial charge in [0, 0.05) is 48.0 Å². The monoisotopic (exact) mass is 522 g/mol. The Morgan fingerprint density at radius 2 is 1.94 bits per heavy atom. The van der Waals surface area contributed by atoms with E-state index in [2.05, 4.69) is 26.0 Å². The molecule has 3 aromatic rings. The van der Waals surface area contributed by atoms with Crippen LogP contribution in [0.25, 0.3) is 11.1 Å². The highest BCUT2D eigenvalue weighted by molar-refractivity contribution is 9.08. The molecule has 1 amide bonds. The number of nitrogens with zero attached hydrogens (tertiary/aromatic N) is 4. The van der Waals surface area contributed by atoms with Gasteiger partial charge in [0.05, 0.1) is 19.3 Å². The average molecular weight is 523 g/mol. The van der Waals surface area contributed by atoms with E-state index in [1.165, 1.54) is 10.9 Å². The second kappa shape index (κ2) is 9.17. The van der Waals surface area contributed by atoms with Gasteiger partial charge in [0.15, 0.2) is 5.69 Å². The number of amides is 1. The molecule has 1 aliphatic rings. The number of rotatable bonds is 6. The third-order valence-electron chi connectivity index (χ3n) is 5.63. The van der Waals surface area contributed by atoms with Crippen LogP contribution in [0.3, 0.4) is 0 Å². The van der Waals surface area contributed by atoms with E-state index in [4.69, 9.17) is 4.74 Å². The fourth-order valence-corrected chi connectivity index (χ4v) is 4.36. The Kier molecular flexibility index (Phi) is 6.47. The molecule has 33 heavy (non-hydrogen) atoms. The summed E-state index contributed by atoms with van der Waals surface area (Å²) in [6.07, 6.45) is -1.15. The molecule has 1 aromatic carbocycles. The number of halogens is 4. The number of pyridine rings is 1. The van der Waals surface area contributed by atoms with Crippen LogP contribution in [0.4, 0.5) is 13.2 Å². The summed E-state index contributed by atoms with van der Waals surface area (Å²) in [6, 6.07) is 6.95. The van der Waals surface area contributed by atoms with E-state index >= 15 is 0 Å². The fourth-order valence-electron chi connectivity index (χ4n) is 4.03. The van der Waals surface area contributed by atoms with Crippen molar-refractivity contribution in [1.29, 1.82) is 0 Å². The van der Waals surface area contributed by atoms with E-state index in [1.54, 1.807) is 49.4 Å². The molecule has 3 heterocycles. The van der Waals surface area contributed by atoms with Gasteiger partial charge in [0.1, 0.15) is 5.75 Å². The van der Waals surface area contributed by atoms with Crippen molar-refractivity contribution in [2.45, 2.75) is 37.9 Å². The molecule has 10 heteroatoms. The van der Waals surface area contributed by atoms with Gasteiger partial charge in [-0.05, 0) is 48.2 Å². The average Bonchev–Trinajstić information content (AvgIpc) is 3.25. The minimum absolute atomic E-state index is 0.000822. The van der Waals surface area contributed by atoms with Crippen LogP contribution in [-0.4, -0.2) is 39.2 Å². The lowest BCUT2D eigenvalue weighted by Crippen LogP contribution is -2.37. The van der Waals surface area contributed by atoms with Crippen molar-refractivity contribution in [2.24, 2.45) is 0 Å². The van der Waals surface area contributed by atoms with Crippen molar-refractivity contribution >= 4 is 21.8 Å². The van der Waals surface area contributed by atoms with Gasteiger partial charge >= 0.3 is 6.18 Å². The summed E-state index contributed by atoms with van der Waals surface area (Å²) in [5, 5.41) is 4.16. The van der Waals surface area contributed by atoms with Gasteiger partial charge in [-0.15, -0.1) is 0 Å². The van der Waals surface area contributed by atoms with Crippen molar-refractivity contribution in [2.75, 3.05) is 13.7 Å². The lowest BCUT2D eigenvalue weighted by molar-refractivity contribution is -0.141. The molecule has 6 nitrogen and oxygen atoms in total. The zero-order valence-corrected chi connectivity index (χ0v) is 19.7. The minimum atomic E-state index is -4.60. The number of aromatic nitrogens is 3. The number of carbonyl (C=O) groups excluding carboxylic acids is 1. The molecule has 0 unspecified atom stereocenters. The van der Waals surface area contributed by atoms with Crippen LogP contribution in [0.2, 0.25) is 0 Å². The van der Waals surface area contributed by atoms with Crippen LogP contribution in [0, 0.1) is 0 Å². The number of hydrogen-bond acceptors (Lipinski definition) is 4. The molecule has 0 fully saturated rings. The number of ether oxygens (including phenoxy) is 1. The van der Waals surface area contributed by atoms with Crippen LogP contribution < -0.4 is 4.74 Å². The van der Waals surface area contributed by atoms with Gasteiger partial charge in [0.2, 0.25) is 0 Å². The van der Waals surface area contributed by atoms with Crippen LogP contribution in [0.15, 0.2) is 36.7 Å². The van der Waals surface area contributed by atoms with Crippen molar-refractivity contribution in [3.05, 3.63) is 64.7 Å². The van der Waals surface area contributed by atoms with Crippen molar-refractivity contribution < 1.29 is 22.7 Å². The SMILES string of the molecule is CCn1cc(-c2cc(CBr)cc3c2CCN(Cc2cc(OC)ccn2)C3=O)c(C(F)(F)F)n1. The van der Waals surface area contributed by atoms with E-state index in [0.29, 0.717) is 53.0 Å². The van der Waals surface area contributed by atoms with Crippen molar-refractivity contribution in [3.63, 3.8) is 0 Å². The molecule has 0 saturated heterocycles. The van der Waals surface area contributed by atoms with Crippen LogP contribution in [0.5, 0.6) is 5.75 Å². The number of benzene rings is 1. The van der Waals surface area contributed by atoms with Crippen molar-refractivity contribution in [3.8, 4) is 16.9 Å². The highest BCUT2D eigenvalue weighted by atomic mass is 79.9. The van der Waals surface area contributed by atoms with Gasteiger partial charge in [-0.2, -0.15) is 18.3 Å². The Morgan fingerprint density at radius 1 is 1.18 bits per heavy atom. The minimum Gasteiger partial charge on any atom is -0.497 e. The summed E-state index contributed by atoms with van der Waals surface area (Å²) in [7, 11) is 1.56. The maximum absolute atomic E-state index is 13.8. The number of hydrogen-bond donors (Lipinski definition) is 0. The topological polar surface area (TPSA) is 60.2 Å². The fraction of sp³-hybridized carbons (Fsp3) is 0.348. The Morgan fingerprint density at radius 3 is 2.61 bits per heavy atom. The van der Waals surface area contributed by atoms with E-state index in [9.17, 15) is 18.0 Å². The van der Waals surface area contributed by atoms with Gasteiger partial charge < -0.3 is 9.64 Å². The summed E-state index contributed by atoms with van der Waals surface area (Å²) in [4.78, 5) is 19.3. The molecule has 0 bridgehead atoms.